The van der Waals surface area contributed by atoms with E-state index < -0.39 is 0 Å². The summed E-state index contributed by atoms with van der Waals surface area (Å²) in [5, 5.41) is 4.22. The number of rotatable bonds is 6. The van der Waals surface area contributed by atoms with Crippen molar-refractivity contribution < 1.29 is 9.53 Å². The van der Waals surface area contributed by atoms with Gasteiger partial charge in [-0.25, -0.2) is 0 Å². The lowest BCUT2D eigenvalue weighted by atomic mass is 10.1. The van der Waals surface area contributed by atoms with Crippen LogP contribution >= 0.6 is 0 Å². The van der Waals surface area contributed by atoms with Gasteiger partial charge in [0.25, 0.3) is 0 Å². The molecule has 0 spiro atoms. The highest BCUT2D eigenvalue weighted by Gasteiger charge is 2.22. The molecule has 0 saturated carbocycles. The van der Waals surface area contributed by atoms with Gasteiger partial charge < -0.3 is 15.0 Å². The molecule has 0 bridgehead atoms. The molecule has 164 valence electrons. The Morgan fingerprint density at radius 3 is 2.45 bits per heavy atom. The molecule has 0 radical (unpaired) electrons. The van der Waals surface area contributed by atoms with Crippen molar-refractivity contribution in [1.29, 1.82) is 0 Å². The summed E-state index contributed by atoms with van der Waals surface area (Å²) >= 11 is 0. The van der Waals surface area contributed by atoms with Gasteiger partial charge in [-0.05, 0) is 56.5 Å². The first-order valence-electron chi connectivity index (χ1n) is 11.2. The Morgan fingerprint density at radius 2 is 1.74 bits per heavy atom. The summed E-state index contributed by atoms with van der Waals surface area (Å²) in [5.74, 6) is 0.0471. The first-order chi connectivity index (χ1) is 14.9. The molecule has 5 nitrogen and oxygen atoms in total. The second kappa shape index (κ2) is 9.25. The molecule has 2 heterocycles. The zero-order valence-corrected chi connectivity index (χ0v) is 19.0. The van der Waals surface area contributed by atoms with Gasteiger partial charge in [0.15, 0.2) is 0 Å². The highest BCUT2D eigenvalue weighted by molar-refractivity contribution is 5.90. The second-order valence-corrected chi connectivity index (χ2v) is 9.00. The van der Waals surface area contributed by atoms with E-state index >= 15 is 0 Å². The van der Waals surface area contributed by atoms with E-state index in [9.17, 15) is 4.79 Å². The Balaban J connectivity index is 1.32. The largest absolute Gasteiger partial charge is 0.373 e. The summed E-state index contributed by atoms with van der Waals surface area (Å²) in [7, 11) is 0. The zero-order valence-electron chi connectivity index (χ0n) is 19.0. The summed E-state index contributed by atoms with van der Waals surface area (Å²) in [6, 6.07) is 14.9. The van der Waals surface area contributed by atoms with Gasteiger partial charge in [0.1, 0.15) is 0 Å². The summed E-state index contributed by atoms with van der Waals surface area (Å²) in [6.07, 6.45) is 0.951. The number of carbonyl (C=O) groups is 1. The zero-order chi connectivity index (χ0) is 22.0. The molecular weight excluding hydrogens is 386 g/mol. The van der Waals surface area contributed by atoms with Gasteiger partial charge in [-0.1, -0.05) is 35.9 Å². The molecule has 0 aliphatic carbocycles. The van der Waals surface area contributed by atoms with Crippen molar-refractivity contribution in [2.45, 2.75) is 59.4 Å². The van der Waals surface area contributed by atoms with Crippen LogP contribution in [0.1, 0.15) is 41.8 Å². The summed E-state index contributed by atoms with van der Waals surface area (Å²) in [4.78, 5) is 18.4. The van der Waals surface area contributed by atoms with Crippen molar-refractivity contribution in [1.82, 2.24) is 15.2 Å². The Bertz CT molecular complexity index is 1040. The van der Waals surface area contributed by atoms with Crippen LogP contribution in [0.2, 0.25) is 0 Å². The fourth-order valence-electron chi connectivity index (χ4n) is 4.58. The number of nitrogens with zero attached hydrogens (tertiary/aromatic N) is 1. The van der Waals surface area contributed by atoms with Crippen molar-refractivity contribution in [3.8, 4) is 0 Å². The number of morpholine rings is 1. The van der Waals surface area contributed by atoms with Crippen molar-refractivity contribution in [3.05, 3.63) is 70.4 Å². The van der Waals surface area contributed by atoms with Crippen molar-refractivity contribution in [3.63, 3.8) is 0 Å². The predicted octanol–water partition coefficient (Wildman–Crippen LogP) is 4.25. The van der Waals surface area contributed by atoms with Gasteiger partial charge in [0.05, 0.1) is 18.6 Å². The minimum atomic E-state index is 0.0471. The molecule has 2 N–H and O–H groups in total. The van der Waals surface area contributed by atoms with Crippen LogP contribution in [0.5, 0.6) is 0 Å². The van der Waals surface area contributed by atoms with Crippen LogP contribution in [-0.2, 0) is 29.0 Å². The van der Waals surface area contributed by atoms with E-state index in [-0.39, 0.29) is 18.1 Å². The molecule has 2 atom stereocenters. The number of ether oxygens (including phenoxy) is 1. The monoisotopic (exact) mass is 419 g/mol. The molecular formula is C26H33N3O2. The average molecular weight is 420 g/mol. The Labute approximate surface area is 184 Å². The van der Waals surface area contributed by atoms with E-state index in [1.807, 2.05) is 6.92 Å². The molecule has 1 aromatic heterocycles. The van der Waals surface area contributed by atoms with Crippen LogP contribution in [-0.4, -0.2) is 41.1 Å². The van der Waals surface area contributed by atoms with E-state index in [2.05, 4.69) is 78.4 Å². The number of aromatic amines is 1. The van der Waals surface area contributed by atoms with Crippen LogP contribution in [0.3, 0.4) is 0 Å². The number of benzene rings is 2. The number of carbonyl (C=O) groups excluding carboxylic acids is 1. The minimum absolute atomic E-state index is 0.0471. The van der Waals surface area contributed by atoms with Crippen LogP contribution in [0.4, 0.5) is 0 Å². The number of hydrogen-bond donors (Lipinski definition) is 2. The molecule has 1 aliphatic heterocycles. The molecule has 5 heteroatoms. The highest BCUT2D eigenvalue weighted by Crippen LogP contribution is 2.24. The number of amides is 1. The SMILES string of the molecule is Cc1ccc2[nH]c(C)c(CC(=O)NCc3ccc(CN4CC(C)OC(C)C4)cc3)c2c1. The molecule has 3 aromatic rings. The normalized spacial score (nSPS) is 19.6. The lowest BCUT2D eigenvalue weighted by Gasteiger charge is -2.35. The predicted molar refractivity (Wildman–Crippen MR) is 125 cm³/mol. The molecule has 1 amide bonds. The maximum atomic E-state index is 12.6. The summed E-state index contributed by atoms with van der Waals surface area (Å²) in [5.41, 5.74) is 6.85. The van der Waals surface area contributed by atoms with Crippen LogP contribution in [0, 0.1) is 13.8 Å². The third-order valence-electron chi connectivity index (χ3n) is 6.03. The maximum Gasteiger partial charge on any atom is 0.224 e. The van der Waals surface area contributed by atoms with Crippen molar-refractivity contribution in [2.24, 2.45) is 0 Å². The number of hydrogen-bond acceptors (Lipinski definition) is 3. The van der Waals surface area contributed by atoms with E-state index in [4.69, 9.17) is 4.74 Å². The number of fused-ring (bicyclic) bond motifs is 1. The van der Waals surface area contributed by atoms with E-state index in [1.165, 1.54) is 11.1 Å². The van der Waals surface area contributed by atoms with Crippen molar-refractivity contribution in [2.75, 3.05) is 13.1 Å². The number of aryl methyl sites for hydroxylation is 2. The quantitative estimate of drug-likeness (QED) is 0.628. The van der Waals surface area contributed by atoms with Gasteiger partial charge in [0.2, 0.25) is 5.91 Å². The Hall–Kier alpha value is -2.63. The van der Waals surface area contributed by atoms with E-state index in [0.29, 0.717) is 13.0 Å². The number of H-pyrrole nitrogens is 1. The first kappa shape index (κ1) is 21.6. The van der Waals surface area contributed by atoms with Crippen LogP contribution in [0.25, 0.3) is 10.9 Å². The fourth-order valence-corrected chi connectivity index (χ4v) is 4.58. The Kier molecular flexibility index (Phi) is 6.44. The maximum absolute atomic E-state index is 12.6. The lowest BCUT2D eigenvalue weighted by molar-refractivity contribution is -0.120. The molecule has 1 aliphatic rings. The van der Waals surface area contributed by atoms with E-state index in [1.54, 1.807) is 0 Å². The van der Waals surface area contributed by atoms with Crippen molar-refractivity contribution >= 4 is 16.8 Å². The molecule has 2 unspecified atom stereocenters. The van der Waals surface area contributed by atoms with Gasteiger partial charge in [-0.2, -0.15) is 0 Å². The Morgan fingerprint density at radius 1 is 1.06 bits per heavy atom. The van der Waals surface area contributed by atoms with Gasteiger partial charge in [0, 0.05) is 42.8 Å². The third-order valence-corrected chi connectivity index (χ3v) is 6.03. The standard InChI is InChI=1S/C26H33N3O2/c1-17-5-10-25-24(11-17)23(20(4)28-25)12-26(30)27-13-21-6-8-22(9-7-21)16-29-14-18(2)31-19(3)15-29/h5-11,18-19,28H,12-16H2,1-4H3,(H,27,30). The average Bonchev–Trinajstić information content (AvgIpc) is 3.01. The lowest BCUT2D eigenvalue weighted by Crippen LogP contribution is -2.44. The summed E-state index contributed by atoms with van der Waals surface area (Å²) in [6.45, 7) is 11.8. The second-order valence-electron chi connectivity index (χ2n) is 9.00. The van der Waals surface area contributed by atoms with Gasteiger partial charge in [-0.3, -0.25) is 9.69 Å². The summed E-state index contributed by atoms with van der Waals surface area (Å²) < 4.78 is 5.82. The van der Waals surface area contributed by atoms with E-state index in [0.717, 1.165) is 47.4 Å². The molecule has 4 rings (SSSR count). The topological polar surface area (TPSA) is 57.4 Å². The van der Waals surface area contributed by atoms with Crippen LogP contribution in [0.15, 0.2) is 42.5 Å². The van der Waals surface area contributed by atoms with Gasteiger partial charge in [-0.15, -0.1) is 0 Å². The molecule has 31 heavy (non-hydrogen) atoms. The number of nitrogens with one attached hydrogen (secondary N) is 2. The first-order valence-corrected chi connectivity index (χ1v) is 11.2. The third kappa shape index (κ3) is 5.35. The highest BCUT2D eigenvalue weighted by atomic mass is 16.5. The molecule has 2 aromatic carbocycles. The fraction of sp³-hybridized carbons (Fsp3) is 0.423. The van der Waals surface area contributed by atoms with Crippen LogP contribution < -0.4 is 5.32 Å². The molecule has 1 fully saturated rings. The number of aromatic nitrogens is 1. The molecule has 1 saturated heterocycles. The minimum Gasteiger partial charge on any atom is -0.373 e. The van der Waals surface area contributed by atoms with Gasteiger partial charge >= 0.3 is 0 Å². The smallest absolute Gasteiger partial charge is 0.224 e.